The second-order valence-electron chi connectivity index (χ2n) is 2.89. The molecule has 0 aliphatic rings. The lowest BCUT2D eigenvalue weighted by Gasteiger charge is -1.98. The van der Waals surface area contributed by atoms with E-state index in [-0.39, 0.29) is 6.61 Å². The van der Waals surface area contributed by atoms with E-state index in [1.165, 1.54) is 0 Å². The van der Waals surface area contributed by atoms with E-state index in [2.05, 4.69) is 15.3 Å². The van der Waals surface area contributed by atoms with Gasteiger partial charge in [0.15, 0.2) is 0 Å². The highest BCUT2D eigenvalue weighted by Crippen LogP contribution is 2.19. The molecule has 6 N–H and O–H groups in total. The average molecular weight is 180 g/mol. The van der Waals surface area contributed by atoms with Gasteiger partial charge in [0.2, 0.25) is 0 Å². The summed E-state index contributed by atoms with van der Waals surface area (Å²) in [5, 5.41) is 11.6. The normalized spacial score (nSPS) is 10.8. The van der Waals surface area contributed by atoms with Crippen LogP contribution in [0, 0.1) is 0 Å². The third kappa shape index (κ3) is 1.46. The standard InChI is InChI=1S/C8H12N4O/c9-7-3-5-6(11-7)4-8(12-5)10-1-2-13/h3-4,10-13H,1-2,9H2. The van der Waals surface area contributed by atoms with Gasteiger partial charge in [-0.3, -0.25) is 0 Å². The van der Waals surface area contributed by atoms with Crippen LogP contribution in [0.4, 0.5) is 11.6 Å². The molecule has 2 aromatic rings. The van der Waals surface area contributed by atoms with Gasteiger partial charge in [-0.1, -0.05) is 0 Å². The molecule has 0 unspecified atom stereocenters. The SMILES string of the molecule is Nc1cc2[nH]c(NCCO)cc2[nH]1. The first-order valence-electron chi connectivity index (χ1n) is 4.11. The van der Waals surface area contributed by atoms with Crippen LogP contribution < -0.4 is 11.1 Å². The van der Waals surface area contributed by atoms with Gasteiger partial charge in [-0.2, -0.15) is 0 Å². The van der Waals surface area contributed by atoms with Crippen LogP contribution in [0.15, 0.2) is 12.1 Å². The Morgan fingerprint density at radius 3 is 2.77 bits per heavy atom. The summed E-state index contributed by atoms with van der Waals surface area (Å²) in [5.41, 5.74) is 7.49. The summed E-state index contributed by atoms with van der Waals surface area (Å²) in [6, 6.07) is 3.75. The van der Waals surface area contributed by atoms with Crippen molar-refractivity contribution in [2.45, 2.75) is 0 Å². The number of aliphatic hydroxyl groups excluding tert-OH is 1. The number of anilines is 2. The maximum absolute atomic E-state index is 8.59. The van der Waals surface area contributed by atoms with Crippen molar-refractivity contribution < 1.29 is 5.11 Å². The summed E-state index contributed by atoms with van der Waals surface area (Å²) in [4.78, 5) is 6.12. The molecule has 0 amide bonds. The second kappa shape index (κ2) is 3.02. The lowest BCUT2D eigenvalue weighted by Crippen LogP contribution is -2.05. The summed E-state index contributed by atoms with van der Waals surface area (Å²) < 4.78 is 0. The predicted molar refractivity (Wildman–Crippen MR) is 52.6 cm³/mol. The Morgan fingerprint density at radius 2 is 2.08 bits per heavy atom. The minimum Gasteiger partial charge on any atom is -0.395 e. The molecule has 0 fully saturated rings. The summed E-state index contributed by atoms with van der Waals surface area (Å²) in [6.07, 6.45) is 0. The van der Waals surface area contributed by atoms with Crippen molar-refractivity contribution in [3.63, 3.8) is 0 Å². The topological polar surface area (TPSA) is 89.9 Å². The van der Waals surface area contributed by atoms with Crippen LogP contribution in [0.2, 0.25) is 0 Å². The van der Waals surface area contributed by atoms with Crippen LogP contribution in [-0.4, -0.2) is 28.2 Å². The molecule has 2 rings (SSSR count). The van der Waals surface area contributed by atoms with Gasteiger partial charge in [-0.25, -0.2) is 0 Å². The highest BCUT2D eigenvalue weighted by molar-refractivity contribution is 5.84. The lowest BCUT2D eigenvalue weighted by atomic mass is 10.5. The molecule has 0 aromatic carbocycles. The van der Waals surface area contributed by atoms with E-state index in [1.807, 2.05) is 12.1 Å². The molecule has 0 aliphatic carbocycles. The Kier molecular flexibility index (Phi) is 1.86. The van der Waals surface area contributed by atoms with E-state index < -0.39 is 0 Å². The maximum Gasteiger partial charge on any atom is 0.105 e. The number of rotatable bonds is 3. The molecule has 5 heteroatoms. The van der Waals surface area contributed by atoms with Gasteiger partial charge in [0.1, 0.15) is 11.6 Å². The monoisotopic (exact) mass is 180 g/mol. The number of hydrogen-bond acceptors (Lipinski definition) is 3. The fourth-order valence-electron chi connectivity index (χ4n) is 1.32. The molecule has 0 saturated heterocycles. The number of hydrogen-bond donors (Lipinski definition) is 5. The van der Waals surface area contributed by atoms with Crippen LogP contribution in [-0.2, 0) is 0 Å². The van der Waals surface area contributed by atoms with Gasteiger partial charge in [0.05, 0.1) is 17.6 Å². The van der Waals surface area contributed by atoms with E-state index in [9.17, 15) is 0 Å². The van der Waals surface area contributed by atoms with E-state index >= 15 is 0 Å². The van der Waals surface area contributed by atoms with Crippen molar-refractivity contribution in [2.75, 3.05) is 24.2 Å². The van der Waals surface area contributed by atoms with Crippen molar-refractivity contribution in [1.29, 1.82) is 0 Å². The van der Waals surface area contributed by atoms with Gasteiger partial charge in [-0.15, -0.1) is 0 Å². The third-order valence-electron chi connectivity index (χ3n) is 1.85. The number of aliphatic hydroxyl groups is 1. The average Bonchev–Trinajstić information content (AvgIpc) is 2.57. The molecule has 5 nitrogen and oxygen atoms in total. The molecule has 0 saturated carbocycles. The van der Waals surface area contributed by atoms with Crippen LogP contribution >= 0.6 is 0 Å². The number of nitrogens with two attached hydrogens (primary N) is 1. The molecular formula is C8H12N4O. The van der Waals surface area contributed by atoms with E-state index in [0.29, 0.717) is 12.4 Å². The molecular weight excluding hydrogens is 168 g/mol. The zero-order valence-corrected chi connectivity index (χ0v) is 7.09. The number of fused-ring (bicyclic) bond motifs is 1. The Labute approximate surface area is 74.9 Å². The molecule has 0 atom stereocenters. The number of nitrogens with one attached hydrogen (secondary N) is 3. The lowest BCUT2D eigenvalue weighted by molar-refractivity contribution is 0.311. The second-order valence-corrected chi connectivity index (χ2v) is 2.89. The Morgan fingerprint density at radius 1 is 1.31 bits per heavy atom. The van der Waals surface area contributed by atoms with E-state index in [0.717, 1.165) is 16.9 Å². The van der Waals surface area contributed by atoms with Crippen molar-refractivity contribution >= 4 is 22.7 Å². The van der Waals surface area contributed by atoms with Crippen molar-refractivity contribution in [2.24, 2.45) is 0 Å². The van der Waals surface area contributed by atoms with Gasteiger partial charge in [-0.05, 0) is 0 Å². The maximum atomic E-state index is 8.59. The fourth-order valence-corrected chi connectivity index (χ4v) is 1.32. The number of H-pyrrole nitrogens is 2. The Bertz CT molecular complexity index is 372. The quantitative estimate of drug-likeness (QED) is 0.476. The summed E-state index contributed by atoms with van der Waals surface area (Å²) in [7, 11) is 0. The van der Waals surface area contributed by atoms with E-state index in [1.54, 1.807) is 0 Å². The first-order chi connectivity index (χ1) is 6.29. The minimum absolute atomic E-state index is 0.120. The van der Waals surface area contributed by atoms with Gasteiger partial charge in [0.25, 0.3) is 0 Å². The fraction of sp³-hybridized carbons (Fsp3) is 0.250. The Balaban J connectivity index is 2.24. The summed E-state index contributed by atoms with van der Waals surface area (Å²) in [5.74, 6) is 1.53. The van der Waals surface area contributed by atoms with Crippen LogP contribution in [0.3, 0.4) is 0 Å². The highest BCUT2D eigenvalue weighted by atomic mass is 16.3. The van der Waals surface area contributed by atoms with Gasteiger partial charge in [0, 0.05) is 18.7 Å². The molecule has 13 heavy (non-hydrogen) atoms. The van der Waals surface area contributed by atoms with Gasteiger partial charge >= 0.3 is 0 Å². The van der Waals surface area contributed by atoms with Crippen LogP contribution in [0.25, 0.3) is 11.0 Å². The number of nitrogen functional groups attached to an aromatic ring is 1. The zero-order valence-electron chi connectivity index (χ0n) is 7.09. The first-order valence-corrected chi connectivity index (χ1v) is 4.11. The van der Waals surface area contributed by atoms with E-state index in [4.69, 9.17) is 10.8 Å². The molecule has 70 valence electrons. The summed E-state index contributed by atoms with van der Waals surface area (Å²) in [6.45, 7) is 0.660. The Hall–Kier alpha value is -1.62. The molecule has 0 bridgehead atoms. The molecule has 0 radical (unpaired) electrons. The van der Waals surface area contributed by atoms with Crippen molar-refractivity contribution in [3.8, 4) is 0 Å². The number of aromatic amines is 2. The minimum atomic E-state index is 0.120. The third-order valence-corrected chi connectivity index (χ3v) is 1.85. The molecule has 0 aliphatic heterocycles. The first kappa shape index (κ1) is 8.00. The van der Waals surface area contributed by atoms with Crippen LogP contribution in [0.1, 0.15) is 0 Å². The smallest absolute Gasteiger partial charge is 0.105 e. The molecule has 2 heterocycles. The van der Waals surface area contributed by atoms with Crippen molar-refractivity contribution in [3.05, 3.63) is 12.1 Å². The molecule has 2 aromatic heterocycles. The summed E-state index contributed by atoms with van der Waals surface area (Å²) >= 11 is 0. The van der Waals surface area contributed by atoms with Crippen LogP contribution in [0.5, 0.6) is 0 Å². The zero-order chi connectivity index (χ0) is 9.26. The molecule has 0 spiro atoms. The van der Waals surface area contributed by atoms with Crippen molar-refractivity contribution in [1.82, 2.24) is 9.97 Å². The largest absolute Gasteiger partial charge is 0.395 e. The number of aromatic nitrogens is 2. The van der Waals surface area contributed by atoms with Gasteiger partial charge < -0.3 is 26.1 Å². The highest BCUT2D eigenvalue weighted by Gasteiger charge is 2.01. The predicted octanol–water partition coefficient (Wildman–Crippen LogP) is 0.482.